The Bertz CT molecular complexity index is 1700. The van der Waals surface area contributed by atoms with Crippen LogP contribution in [-0.4, -0.2) is 19.5 Å². The van der Waals surface area contributed by atoms with E-state index in [0.29, 0.717) is 31.3 Å². The van der Waals surface area contributed by atoms with Gasteiger partial charge in [-0.3, -0.25) is 0 Å². The summed E-state index contributed by atoms with van der Waals surface area (Å²) < 4.78 is 61.0. The first-order chi connectivity index (χ1) is 20.3. The van der Waals surface area contributed by atoms with Crippen LogP contribution in [0.3, 0.4) is 0 Å². The van der Waals surface area contributed by atoms with Gasteiger partial charge < -0.3 is 0 Å². The summed E-state index contributed by atoms with van der Waals surface area (Å²) in [6.07, 6.45) is 0. The molecule has 6 rings (SSSR count). The summed E-state index contributed by atoms with van der Waals surface area (Å²) in [5, 5.41) is 1.49. The van der Waals surface area contributed by atoms with Gasteiger partial charge in [0.15, 0.2) is 0 Å². The number of halogens is 2. The maximum absolute atomic E-state index is 14.2. The van der Waals surface area contributed by atoms with Gasteiger partial charge in [-0.2, -0.15) is 0 Å². The molecule has 0 bridgehead atoms. The van der Waals surface area contributed by atoms with Crippen LogP contribution in [0.25, 0.3) is 20.1 Å². The molecule has 0 amide bonds. The Labute approximate surface area is 251 Å². The summed E-state index contributed by atoms with van der Waals surface area (Å²) in [5.41, 5.74) is 1.88. The Balaban J connectivity index is 1.89. The van der Waals surface area contributed by atoms with Crippen molar-refractivity contribution in [1.82, 2.24) is 4.98 Å². The van der Waals surface area contributed by atoms with E-state index < -0.39 is 37.4 Å². The van der Waals surface area contributed by atoms with Gasteiger partial charge in [-0.05, 0) is 0 Å². The predicted molar refractivity (Wildman–Crippen MR) is 158 cm³/mol. The Morgan fingerprint density at radius 3 is 1.43 bits per heavy atom. The summed E-state index contributed by atoms with van der Waals surface area (Å²) >= 11 is -0.469. The fourth-order valence-corrected chi connectivity index (χ4v) is 16.1. The molecule has 0 fully saturated rings. The van der Waals surface area contributed by atoms with Crippen molar-refractivity contribution in [3.8, 4) is 20.1 Å². The maximum atomic E-state index is 14.2. The average Bonchev–Trinajstić information content (AvgIpc) is 3.48. The van der Waals surface area contributed by atoms with Gasteiger partial charge in [0, 0.05) is 0 Å². The molecule has 0 aliphatic rings. The summed E-state index contributed by atoms with van der Waals surface area (Å²) in [7, 11) is -5.01. The van der Waals surface area contributed by atoms with E-state index in [4.69, 9.17) is 9.06 Å². The fourth-order valence-electron chi connectivity index (χ4n) is 5.37. The van der Waals surface area contributed by atoms with Crippen LogP contribution < -0.4 is 35.3 Å². The molecular formula is C33H24ClFNO4PSe. The van der Waals surface area contributed by atoms with Gasteiger partial charge >= 0.3 is 252 Å². The molecule has 0 radical (unpaired) electrons. The molecule has 0 atom stereocenters. The molecule has 0 spiro atoms. The topological polar surface area (TPSA) is 91.3 Å². The van der Waals surface area contributed by atoms with Crippen molar-refractivity contribution >= 4 is 42.7 Å². The quantitative estimate of drug-likeness (QED) is 0.185. The molecule has 0 aliphatic heterocycles. The molecule has 9 heteroatoms. The second kappa shape index (κ2) is 11.3. The van der Waals surface area contributed by atoms with Crippen LogP contribution in [0, 0.1) is 16.1 Å². The molecule has 42 heavy (non-hydrogen) atoms. The molecular weight excluding hydrogens is 639 g/mol. The van der Waals surface area contributed by atoms with Crippen molar-refractivity contribution < 1.29 is 32.7 Å². The molecule has 0 N–H and O–H groups in total. The van der Waals surface area contributed by atoms with Crippen molar-refractivity contribution in [2.24, 2.45) is 0 Å². The third-order valence-corrected chi connectivity index (χ3v) is 16.6. The Morgan fingerprint density at radius 2 is 1.00 bits per heavy atom. The zero-order valence-electron chi connectivity index (χ0n) is 22.0. The van der Waals surface area contributed by atoms with Crippen LogP contribution in [0.2, 0.25) is 0 Å². The van der Waals surface area contributed by atoms with Gasteiger partial charge in [0.1, 0.15) is 0 Å². The fraction of sp³-hybridized carbons (Fsp3) is 0. The zero-order valence-corrected chi connectivity index (χ0v) is 25.4. The number of rotatable bonds is 8. The van der Waals surface area contributed by atoms with E-state index >= 15 is 0 Å². The molecule has 1 heterocycles. The predicted octanol–water partition coefficient (Wildman–Crippen LogP) is 2.60. The molecule has 0 saturated carbocycles. The van der Waals surface area contributed by atoms with E-state index in [0.717, 1.165) is 10.1 Å². The first kappa shape index (κ1) is 28.6. The van der Waals surface area contributed by atoms with Crippen LogP contribution in [0.5, 0.6) is 0 Å². The molecule has 1 aromatic heterocycles. The van der Waals surface area contributed by atoms with Gasteiger partial charge in [0.25, 0.3) is 0 Å². The van der Waals surface area contributed by atoms with Gasteiger partial charge in [-0.15, -0.1) is 0 Å². The summed E-state index contributed by atoms with van der Waals surface area (Å²) in [6, 6.07) is 42.6. The summed E-state index contributed by atoms with van der Waals surface area (Å²) in [4.78, 5) is 5.25. The van der Waals surface area contributed by atoms with Gasteiger partial charge in [0.05, 0.1) is 0 Å². The minimum atomic E-state index is -5.01. The van der Waals surface area contributed by atoms with Crippen LogP contribution in [-0.2, 0) is 4.08 Å². The molecule has 0 unspecified atom stereocenters. The number of hydrogen-bond acceptors (Lipinski definition) is 5. The van der Waals surface area contributed by atoms with Crippen molar-refractivity contribution in [3.63, 3.8) is 0 Å². The van der Waals surface area contributed by atoms with E-state index in [1.54, 1.807) is 84.9 Å². The van der Waals surface area contributed by atoms with Gasteiger partial charge in [-0.25, -0.2) is 0 Å². The monoisotopic (exact) mass is 663 g/mol. The standard InChI is InChI=1S/C33H24ClFNO4PSe/c35-27-23-21-25(22-24-27)31-32(36-33(42-31)26-13-5-1-6-14-26)41(40-34(37,38)39,28-15-7-2-8-16-28,29-17-9-3-10-18-29)30-19-11-4-12-20-30/h1-24H. The van der Waals surface area contributed by atoms with Crippen molar-refractivity contribution in [1.29, 1.82) is 0 Å². The van der Waals surface area contributed by atoms with Crippen LogP contribution in [0.4, 0.5) is 4.39 Å². The molecule has 6 aromatic rings. The van der Waals surface area contributed by atoms with Gasteiger partial charge in [-0.1, -0.05) is 0 Å². The molecule has 0 aliphatic carbocycles. The Hall–Kier alpha value is -3.48. The Kier molecular flexibility index (Phi) is 7.71. The van der Waals surface area contributed by atoms with E-state index in [9.17, 15) is 18.4 Å². The molecule has 0 saturated heterocycles. The molecule has 210 valence electrons. The number of nitrogens with zero attached hydrogens (tertiary/aromatic N) is 1. The molecule has 5 aromatic carbocycles. The number of benzene rings is 5. The zero-order chi connectivity index (χ0) is 29.2. The van der Waals surface area contributed by atoms with Crippen molar-refractivity contribution in [2.45, 2.75) is 0 Å². The summed E-state index contributed by atoms with van der Waals surface area (Å²) in [5.74, 6) is -0.404. The number of aromatic nitrogens is 1. The minimum absolute atomic E-state index is 0.349. The molecule has 5 nitrogen and oxygen atoms in total. The first-order valence-corrected chi connectivity index (χ1v) is 18.1. The van der Waals surface area contributed by atoms with Gasteiger partial charge in [0.2, 0.25) is 0 Å². The SMILES string of the molecule is [O-][Cl+3]([O-])([O-])OP(c1ccccc1)(c1ccccc1)(c1ccccc1)c1nc(-c2ccccc2)[se]c1-c1ccc(F)cc1. The second-order valence-electron chi connectivity index (χ2n) is 9.53. The third kappa shape index (κ3) is 4.84. The van der Waals surface area contributed by atoms with E-state index in [-0.39, 0.29) is 0 Å². The van der Waals surface area contributed by atoms with E-state index in [1.807, 2.05) is 48.5 Å². The Morgan fingerprint density at radius 1 is 0.571 bits per heavy atom. The van der Waals surface area contributed by atoms with Crippen molar-refractivity contribution in [2.75, 3.05) is 0 Å². The van der Waals surface area contributed by atoms with Crippen LogP contribution in [0.15, 0.2) is 146 Å². The van der Waals surface area contributed by atoms with Crippen LogP contribution >= 0.6 is 6.83 Å². The second-order valence-corrected chi connectivity index (χ2v) is 17.0. The average molecular weight is 663 g/mol. The first-order valence-electron chi connectivity index (χ1n) is 13.0. The van der Waals surface area contributed by atoms with Crippen LogP contribution in [0.1, 0.15) is 0 Å². The van der Waals surface area contributed by atoms with Crippen molar-refractivity contribution in [3.05, 3.63) is 151 Å². The van der Waals surface area contributed by atoms with E-state index in [2.05, 4.69) is 0 Å². The number of hydrogen-bond donors (Lipinski definition) is 0. The van der Waals surface area contributed by atoms with E-state index in [1.165, 1.54) is 12.1 Å². The third-order valence-electron chi connectivity index (χ3n) is 7.11. The normalized spacial score (nSPS) is 12.9. The summed E-state index contributed by atoms with van der Waals surface area (Å²) in [6.45, 7) is -4.95.